The molecular weight excluding hydrogens is 400 g/mol. The van der Waals surface area contributed by atoms with Crippen molar-refractivity contribution in [1.82, 2.24) is 24.5 Å². The van der Waals surface area contributed by atoms with Crippen molar-refractivity contribution in [2.75, 3.05) is 0 Å². The molecule has 0 bridgehead atoms. The maximum absolute atomic E-state index is 13.1. The van der Waals surface area contributed by atoms with Gasteiger partial charge in [-0.1, -0.05) is 11.6 Å². The summed E-state index contributed by atoms with van der Waals surface area (Å²) in [5.74, 6) is 0.246. The molecule has 0 saturated heterocycles. The van der Waals surface area contributed by atoms with Crippen molar-refractivity contribution in [1.29, 1.82) is 0 Å². The van der Waals surface area contributed by atoms with E-state index >= 15 is 0 Å². The molecule has 0 aliphatic heterocycles. The van der Waals surface area contributed by atoms with Gasteiger partial charge in [-0.15, -0.1) is 0 Å². The van der Waals surface area contributed by atoms with E-state index in [0.717, 1.165) is 0 Å². The third-order valence-corrected chi connectivity index (χ3v) is 3.85. The third kappa shape index (κ3) is 3.92. The van der Waals surface area contributed by atoms with Crippen LogP contribution in [0.1, 0.15) is 22.8 Å². The molecule has 27 heavy (non-hydrogen) atoms. The highest BCUT2D eigenvalue weighted by Gasteiger charge is 2.41. The van der Waals surface area contributed by atoms with E-state index in [4.69, 9.17) is 11.6 Å². The molecule has 0 amide bonds. The molecule has 0 aromatic carbocycles. The zero-order chi connectivity index (χ0) is 20.0. The normalized spacial score (nSPS) is 12.6. The van der Waals surface area contributed by atoms with Crippen molar-refractivity contribution in [2.45, 2.75) is 25.8 Å². The highest BCUT2D eigenvalue weighted by Crippen LogP contribution is 2.35. The summed E-state index contributed by atoms with van der Waals surface area (Å²) in [5, 5.41) is 7.40. The van der Waals surface area contributed by atoms with Crippen LogP contribution in [0.3, 0.4) is 0 Å². The van der Waals surface area contributed by atoms with Crippen LogP contribution in [0.25, 0.3) is 5.82 Å². The van der Waals surface area contributed by atoms with Gasteiger partial charge in [-0.25, -0.2) is 9.67 Å². The summed E-state index contributed by atoms with van der Waals surface area (Å²) >= 11 is 6.02. The van der Waals surface area contributed by atoms with Crippen LogP contribution >= 0.6 is 11.6 Å². The highest BCUT2D eigenvalue weighted by atomic mass is 35.5. The van der Waals surface area contributed by atoms with E-state index in [-0.39, 0.29) is 27.3 Å². The van der Waals surface area contributed by atoms with Crippen LogP contribution < -0.4 is 0 Å². The molecule has 0 aliphatic rings. The lowest BCUT2D eigenvalue weighted by Crippen LogP contribution is -2.16. The Morgan fingerprint density at radius 2 is 1.74 bits per heavy atom. The molecule has 3 rings (SSSR count). The second kappa shape index (κ2) is 6.55. The average molecular weight is 410 g/mol. The van der Waals surface area contributed by atoms with Crippen molar-refractivity contribution >= 4 is 11.6 Å². The van der Waals surface area contributed by atoms with Crippen molar-refractivity contribution < 1.29 is 26.3 Å². The predicted octanol–water partition coefficient (Wildman–Crippen LogP) is 4.51. The fourth-order valence-electron chi connectivity index (χ4n) is 2.42. The van der Waals surface area contributed by atoms with Gasteiger partial charge in [0.2, 0.25) is 0 Å². The minimum Gasteiger partial charge on any atom is -0.254 e. The van der Waals surface area contributed by atoms with Gasteiger partial charge in [-0.05, 0) is 25.1 Å². The van der Waals surface area contributed by atoms with Crippen LogP contribution in [0.15, 0.2) is 30.5 Å². The number of hydrogen-bond acceptors (Lipinski definition) is 3. The molecule has 0 unspecified atom stereocenters. The van der Waals surface area contributed by atoms with Gasteiger partial charge in [-0.3, -0.25) is 4.68 Å². The van der Waals surface area contributed by atoms with Gasteiger partial charge in [0.05, 0.1) is 17.3 Å². The molecule has 3 aromatic heterocycles. The number of aromatic nitrogens is 5. The number of alkyl halides is 6. The van der Waals surface area contributed by atoms with Crippen LogP contribution in [0, 0.1) is 6.92 Å². The van der Waals surface area contributed by atoms with Gasteiger partial charge in [0.1, 0.15) is 5.69 Å². The van der Waals surface area contributed by atoms with Crippen LogP contribution in [-0.2, 0) is 18.9 Å². The molecule has 0 radical (unpaired) electrons. The number of pyridine rings is 1. The Bertz CT molecular complexity index is 972. The lowest BCUT2D eigenvalue weighted by Gasteiger charge is -2.08. The summed E-state index contributed by atoms with van der Waals surface area (Å²) in [6, 6.07) is 4.53. The third-order valence-electron chi connectivity index (χ3n) is 3.55. The fourth-order valence-corrected chi connectivity index (χ4v) is 2.62. The first-order chi connectivity index (χ1) is 12.5. The quantitative estimate of drug-likeness (QED) is 0.598. The van der Waals surface area contributed by atoms with Gasteiger partial charge in [0.25, 0.3) is 0 Å². The van der Waals surface area contributed by atoms with Crippen LogP contribution in [0.2, 0.25) is 5.02 Å². The Morgan fingerprint density at radius 3 is 2.33 bits per heavy atom. The average Bonchev–Trinajstić information content (AvgIpc) is 3.11. The molecule has 5 nitrogen and oxygen atoms in total. The minimum absolute atomic E-state index is 0.0283. The number of hydrogen-bond donors (Lipinski definition) is 0. The summed E-state index contributed by atoms with van der Waals surface area (Å²) in [7, 11) is 0. The summed E-state index contributed by atoms with van der Waals surface area (Å²) in [6.07, 6.45) is -8.55. The van der Waals surface area contributed by atoms with Crippen LogP contribution in [0.5, 0.6) is 0 Å². The van der Waals surface area contributed by atoms with Crippen molar-refractivity contribution in [3.8, 4) is 5.82 Å². The van der Waals surface area contributed by atoms with E-state index in [9.17, 15) is 26.3 Å². The summed E-state index contributed by atoms with van der Waals surface area (Å²) in [6.45, 7) is 1.000. The van der Waals surface area contributed by atoms with E-state index in [0.29, 0.717) is 5.69 Å². The SMILES string of the molecule is Cc1cc(Cn2nc(C(F)(F)F)cc2C(F)(F)F)nn1-c1ncccc1Cl. The van der Waals surface area contributed by atoms with Crippen molar-refractivity contribution in [3.05, 3.63) is 58.3 Å². The van der Waals surface area contributed by atoms with Gasteiger partial charge >= 0.3 is 12.4 Å². The molecular formula is C15H10ClF6N5. The maximum atomic E-state index is 13.1. The van der Waals surface area contributed by atoms with Crippen molar-refractivity contribution in [2.24, 2.45) is 0 Å². The van der Waals surface area contributed by atoms with Gasteiger partial charge in [0.15, 0.2) is 11.5 Å². The Hall–Kier alpha value is -2.56. The lowest BCUT2D eigenvalue weighted by molar-refractivity contribution is -0.144. The van der Waals surface area contributed by atoms with Crippen molar-refractivity contribution in [3.63, 3.8) is 0 Å². The van der Waals surface area contributed by atoms with Crippen LogP contribution in [0.4, 0.5) is 26.3 Å². The Morgan fingerprint density at radius 1 is 1.04 bits per heavy atom. The summed E-state index contributed by atoms with van der Waals surface area (Å²) < 4.78 is 79.0. The molecule has 3 heterocycles. The second-order valence-corrected chi connectivity index (χ2v) is 5.97. The monoisotopic (exact) mass is 409 g/mol. The standard InChI is InChI=1S/C15H10ClF6N5/c1-8-5-9(24-27(8)13-10(16)3-2-4-23-13)7-26-12(15(20,21)22)6-11(25-26)14(17,18)19/h2-6H,7H2,1H3. The highest BCUT2D eigenvalue weighted by molar-refractivity contribution is 6.32. The first-order valence-corrected chi connectivity index (χ1v) is 7.73. The van der Waals surface area contributed by atoms with E-state index in [1.54, 1.807) is 19.1 Å². The number of nitrogens with zero attached hydrogens (tertiary/aromatic N) is 5. The van der Waals surface area contributed by atoms with Crippen LogP contribution in [-0.4, -0.2) is 24.5 Å². The lowest BCUT2D eigenvalue weighted by atomic mass is 10.3. The molecule has 0 aliphatic carbocycles. The Balaban J connectivity index is 2.00. The van der Waals surface area contributed by atoms with E-state index in [2.05, 4.69) is 15.2 Å². The minimum atomic E-state index is -5.00. The molecule has 3 aromatic rings. The first kappa shape index (κ1) is 19.2. The zero-order valence-electron chi connectivity index (χ0n) is 13.5. The number of rotatable bonds is 3. The summed E-state index contributed by atoms with van der Waals surface area (Å²) in [5.41, 5.74) is -2.59. The van der Waals surface area contributed by atoms with E-state index in [1.165, 1.54) is 16.9 Å². The molecule has 0 fully saturated rings. The topological polar surface area (TPSA) is 48.5 Å². The molecule has 12 heteroatoms. The molecule has 0 atom stereocenters. The van der Waals surface area contributed by atoms with E-state index in [1.807, 2.05) is 0 Å². The Labute approximate surface area is 153 Å². The van der Waals surface area contributed by atoms with Gasteiger partial charge in [0, 0.05) is 18.0 Å². The number of aryl methyl sites for hydroxylation is 1. The molecule has 0 N–H and O–H groups in total. The molecule has 0 saturated carbocycles. The Kier molecular flexibility index (Phi) is 4.66. The largest absolute Gasteiger partial charge is 0.435 e. The zero-order valence-corrected chi connectivity index (χ0v) is 14.2. The fraction of sp³-hybridized carbons (Fsp3) is 0.267. The van der Waals surface area contributed by atoms with E-state index < -0.39 is 30.3 Å². The van der Waals surface area contributed by atoms with Gasteiger partial charge in [-0.2, -0.15) is 36.5 Å². The molecule has 144 valence electrons. The number of halogens is 7. The van der Waals surface area contributed by atoms with Gasteiger partial charge < -0.3 is 0 Å². The maximum Gasteiger partial charge on any atom is 0.435 e. The second-order valence-electron chi connectivity index (χ2n) is 5.57. The summed E-state index contributed by atoms with van der Waals surface area (Å²) in [4.78, 5) is 4.04. The first-order valence-electron chi connectivity index (χ1n) is 7.35. The predicted molar refractivity (Wildman–Crippen MR) is 82.4 cm³/mol. The smallest absolute Gasteiger partial charge is 0.254 e. The molecule has 0 spiro atoms.